The van der Waals surface area contributed by atoms with Gasteiger partial charge < -0.3 is 9.33 Å². The van der Waals surface area contributed by atoms with Crippen molar-refractivity contribution in [2.75, 3.05) is 27.2 Å². The first-order chi connectivity index (χ1) is 6.13. The van der Waals surface area contributed by atoms with Gasteiger partial charge in [0.25, 0.3) is 0 Å². The van der Waals surface area contributed by atoms with Crippen LogP contribution in [-0.4, -0.2) is 41.2 Å². The van der Waals surface area contributed by atoms with E-state index in [1.807, 2.05) is 0 Å². The molecule has 0 heterocycles. The van der Waals surface area contributed by atoms with Gasteiger partial charge in [0.1, 0.15) is 0 Å². The van der Waals surface area contributed by atoms with Crippen molar-refractivity contribution in [3.8, 4) is 0 Å². The average Bonchev–Trinajstić information content (AvgIpc) is 2.01. The summed E-state index contributed by atoms with van der Waals surface area (Å²) in [5, 5.41) is 0. The maximum Gasteiger partial charge on any atom is 0.170 e. The molecule has 0 aliphatic carbocycles. The van der Waals surface area contributed by atoms with E-state index in [1.54, 1.807) is 0 Å². The molecule has 0 aliphatic heterocycles. The minimum Gasteiger partial charge on any atom is -0.421 e. The zero-order valence-corrected chi connectivity index (χ0v) is 10.8. The van der Waals surface area contributed by atoms with Crippen LogP contribution in [0.3, 0.4) is 0 Å². The van der Waals surface area contributed by atoms with Crippen LogP contribution in [0.1, 0.15) is 25.7 Å². The third-order valence-corrected chi connectivity index (χ3v) is 2.85. The van der Waals surface area contributed by atoms with Crippen LogP contribution in [0.25, 0.3) is 0 Å². The fraction of sp³-hybridized carbons (Fsp3) is 1.00. The van der Waals surface area contributed by atoms with Gasteiger partial charge in [-0.3, -0.25) is 0 Å². The van der Waals surface area contributed by atoms with E-state index >= 15 is 0 Å². The molecule has 13 heavy (non-hydrogen) atoms. The maximum absolute atomic E-state index is 5.60. The van der Waals surface area contributed by atoms with Crippen LogP contribution in [0, 0.1) is 0 Å². The van der Waals surface area contributed by atoms with Gasteiger partial charge in [0.15, 0.2) is 9.04 Å². The molecule has 0 aliphatic rings. The fourth-order valence-corrected chi connectivity index (χ4v) is 1.84. The topological polar surface area (TPSA) is 12.5 Å². The molecule has 0 unspecified atom stereocenters. The van der Waals surface area contributed by atoms with E-state index < -0.39 is 9.04 Å². The molecule has 0 atom stereocenters. The molecule has 0 aromatic heterocycles. The molecular weight excluding hydrogens is 178 g/mol. The Morgan fingerprint density at radius 3 is 2.15 bits per heavy atom. The van der Waals surface area contributed by atoms with Gasteiger partial charge in [0.05, 0.1) is 0 Å². The molecule has 0 aromatic rings. The minimum atomic E-state index is -0.754. The summed E-state index contributed by atoms with van der Waals surface area (Å²) in [6.45, 7) is 6.67. The molecular formula is C10H25NOSi. The van der Waals surface area contributed by atoms with E-state index in [1.165, 1.54) is 32.2 Å². The van der Waals surface area contributed by atoms with Crippen molar-refractivity contribution >= 4 is 9.04 Å². The summed E-state index contributed by atoms with van der Waals surface area (Å²) in [6, 6.07) is 0. The van der Waals surface area contributed by atoms with E-state index in [0.29, 0.717) is 0 Å². The number of nitrogens with zero attached hydrogens (tertiary/aromatic N) is 1. The SMILES string of the molecule is CN(C)CCCCCCO[SiH](C)C. The predicted molar refractivity (Wildman–Crippen MR) is 61.9 cm³/mol. The van der Waals surface area contributed by atoms with Crippen molar-refractivity contribution < 1.29 is 4.43 Å². The lowest BCUT2D eigenvalue weighted by Crippen LogP contribution is -2.12. The Kier molecular flexibility index (Phi) is 8.81. The summed E-state index contributed by atoms with van der Waals surface area (Å²) in [5.41, 5.74) is 0. The van der Waals surface area contributed by atoms with Crippen LogP contribution in [0.2, 0.25) is 13.1 Å². The molecule has 0 saturated heterocycles. The van der Waals surface area contributed by atoms with E-state index in [2.05, 4.69) is 32.1 Å². The van der Waals surface area contributed by atoms with Gasteiger partial charge in [-0.15, -0.1) is 0 Å². The normalized spacial score (nSPS) is 11.5. The molecule has 2 nitrogen and oxygen atoms in total. The second-order valence-corrected chi connectivity index (χ2v) is 6.57. The number of hydrogen-bond acceptors (Lipinski definition) is 2. The molecule has 0 fully saturated rings. The summed E-state index contributed by atoms with van der Waals surface area (Å²) in [5.74, 6) is 0. The van der Waals surface area contributed by atoms with Gasteiger partial charge in [0, 0.05) is 6.61 Å². The molecule has 0 rings (SSSR count). The van der Waals surface area contributed by atoms with E-state index in [9.17, 15) is 0 Å². The van der Waals surface area contributed by atoms with E-state index in [-0.39, 0.29) is 0 Å². The molecule has 0 amide bonds. The van der Waals surface area contributed by atoms with E-state index in [0.717, 1.165) is 6.61 Å². The first-order valence-corrected chi connectivity index (χ1v) is 8.17. The average molecular weight is 203 g/mol. The van der Waals surface area contributed by atoms with Crippen molar-refractivity contribution in [1.82, 2.24) is 4.90 Å². The number of hydrogen-bond donors (Lipinski definition) is 0. The number of rotatable bonds is 8. The van der Waals surface area contributed by atoms with Gasteiger partial charge >= 0.3 is 0 Å². The lowest BCUT2D eigenvalue weighted by Gasteiger charge is -2.09. The van der Waals surface area contributed by atoms with Gasteiger partial charge in [-0.05, 0) is 46.6 Å². The zero-order chi connectivity index (χ0) is 10.1. The van der Waals surface area contributed by atoms with Crippen LogP contribution in [0.15, 0.2) is 0 Å². The molecule has 0 N–H and O–H groups in total. The molecule has 80 valence electrons. The van der Waals surface area contributed by atoms with E-state index in [4.69, 9.17) is 4.43 Å². The lowest BCUT2D eigenvalue weighted by molar-refractivity contribution is 0.309. The largest absolute Gasteiger partial charge is 0.421 e. The molecule has 0 aromatic carbocycles. The highest BCUT2D eigenvalue weighted by Crippen LogP contribution is 2.01. The molecule has 0 bridgehead atoms. The van der Waals surface area contributed by atoms with Gasteiger partial charge in [-0.1, -0.05) is 12.8 Å². The third kappa shape index (κ3) is 12.1. The van der Waals surface area contributed by atoms with Crippen LogP contribution in [-0.2, 0) is 4.43 Å². The zero-order valence-electron chi connectivity index (χ0n) is 9.68. The maximum atomic E-state index is 5.60. The Morgan fingerprint density at radius 2 is 1.62 bits per heavy atom. The molecule has 0 radical (unpaired) electrons. The monoisotopic (exact) mass is 203 g/mol. The Labute approximate surface area is 85.0 Å². The van der Waals surface area contributed by atoms with Gasteiger partial charge in [-0.25, -0.2) is 0 Å². The Morgan fingerprint density at radius 1 is 1.00 bits per heavy atom. The van der Waals surface area contributed by atoms with Crippen LogP contribution in [0.4, 0.5) is 0 Å². The second-order valence-electron chi connectivity index (χ2n) is 4.14. The minimum absolute atomic E-state index is 0.754. The summed E-state index contributed by atoms with van der Waals surface area (Å²) >= 11 is 0. The molecule has 0 saturated carbocycles. The van der Waals surface area contributed by atoms with Crippen molar-refractivity contribution in [1.29, 1.82) is 0 Å². The second kappa shape index (κ2) is 8.72. The Bertz CT molecular complexity index is 95.1. The van der Waals surface area contributed by atoms with Crippen LogP contribution < -0.4 is 0 Å². The predicted octanol–water partition coefficient (Wildman–Crippen LogP) is 2.11. The summed E-state index contributed by atoms with van der Waals surface area (Å²) in [6.07, 6.45) is 5.25. The lowest BCUT2D eigenvalue weighted by atomic mass is 10.2. The van der Waals surface area contributed by atoms with Crippen LogP contribution in [0.5, 0.6) is 0 Å². The van der Waals surface area contributed by atoms with Crippen molar-refractivity contribution in [2.24, 2.45) is 0 Å². The number of unbranched alkanes of at least 4 members (excludes halogenated alkanes) is 3. The first-order valence-electron chi connectivity index (χ1n) is 5.39. The quantitative estimate of drug-likeness (QED) is 0.442. The smallest absolute Gasteiger partial charge is 0.170 e. The van der Waals surface area contributed by atoms with Crippen molar-refractivity contribution in [2.45, 2.75) is 38.8 Å². The molecule has 0 spiro atoms. The summed E-state index contributed by atoms with van der Waals surface area (Å²) < 4.78 is 5.60. The Balaban J connectivity index is 2.92. The van der Waals surface area contributed by atoms with Gasteiger partial charge in [0.2, 0.25) is 0 Å². The standard InChI is InChI=1S/C10H25NOSi/c1-11(2)9-7-5-6-8-10-12-13(3)4/h13H,5-10H2,1-4H3. The Hall–Kier alpha value is 0.137. The highest BCUT2D eigenvalue weighted by Gasteiger charge is 1.95. The van der Waals surface area contributed by atoms with Gasteiger partial charge in [-0.2, -0.15) is 0 Å². The highest BCUT2D eigenvalue weighted by molar-refractivity contribution is 6.48. The fourth-order valence-electron chi connectivity index (χ4n) is 1.20. The molecule has 3 heteroatoms. The first kappa shape index (κ1) is 13.1. The van der Waals surface area contributed by atoms with Crippen molar-refractivity contribution in [3.05, 3.63) is 0 Å². The summed E-state index contributed by atoms with van der Waals surface area (Å²) in [4.78, 5) is 2.25. The van der Waals surface area contributed by atoms with Crippen molar-refractivity contribution in [3.63, 3.8) is 0 Å². The third-order valence-electron chi connectivity index (χ3n) is 1.95. The highest BCUT2D eigenvalue weighted by atomic mass is 28.3. The summed E-state index contributed by atoms with van der Waals surface area (Å²) in [7, 11) is 3.51. The van der Waals surface area contributed by atoms with Crippen LogP contribution >= 0.6 is 0 Å².